The molecule has 3 nitrogen and oxygen atoms in total. The molecule has 74 valence electrons. The number of halogens is 2. The highest BCUT2D eigenvalue weighted by molar-refractivity contribution is 9.10. The number of imidazole rings is 1. The normalized spacial score (nSPS) is 11.5. The minimum absolute atomic E-state index is 0.361. The zero-order chi connectivity index (χ0) is 10.3. The van der Waals surface area contributed by atoms with Crippen molar-refractivity contribution in [2.75, 3.05) is 0 Å². The molecule has 5 heteroatoms. The quantitative estimate of drug-likeness (QED) is 0.799. The second-order valence-corrected chi connectivity index (χ2v) is 4.46. The van der Waals surface area contributed by atoms with Crippen molar-refractivity contribution in [3.8, 4) is 0 Å². The van der Waals surface area contributed by atoms with Gasteiger partial charge in [0.2, 0.25) is 0 Å². The summed E-state index contributed by atoms with van der Waals surface area (Å²) in [7, 11) is 0. The molecule has 0 fully saturated rings. The molecule has 0 atom stereocenters. The average molecular weight is 275 g/mol. The molecular formula is C9H9BrClN3. The number of rotatable bonds is 1. The first kappa shape index (κ1) is 9.93. The Hall–Kier alpha value is -0.610. The van der Waals surface area contributed by atoms with Gasteiger partial charge in [0.1, 0.15) is 4.60 Å². The van der Waals surface area contributed by atoms with E-state index in [1.54, 1.807) is 6.20 Å². The summed E-state index contributed by atoms with van der Waals surface area (Å²) in [6, 6.07) is 0. The van der Waals surface area contributed by atoms with E-state index in [0.29, 0.717) is 16.7 Å². The summed E-state index contributed by atoms with van der Waals surface area (Å²) < 4.78 is 2.84. The number of aromatic nitrogens is 3. The van der Waals surface area contributed by atoms with Crippen molar-refractivity contribution >= 4 is 33.2 Å². The molecule has 0 saturated heterocycles. The van der Waals surface area contributed by atoms with Crippen molar-refractivity contribution in [2.45, 2.75) is 19.8 Å². The monoisotopic (exact) mass is 273 g/mol. The van der Waals surface area contributed by atoms with Crippen molar-refractivity contribution < 1.29 is 0 Å². The van der Waals surface area contributed by atoms with Crippen molar-refractivity contribution in [3.05, 3.63) is 27.8 Å². The molecule has 2 aromatic rings. The van der Waals surface area contributed by atoms with Crippen LogP contribution in [0.3, 0.4) is 0 Å². The third-order valence-corrected chi connectivity index (χ3v) is 3.07. The molecule has 0 N–H and O–H groups in total. The summed E-state index contributed by atoms with van der Waals surface area (Å²) in [5.41, 5.74) is 1.70. The van der Waals surface area contributed by atoms with Crippen molar-refractivity contribution in [1.82, 2.24) is 14.4 Å². The van der Waals surface area contributed by atoms with Gasteiger partial charge in [0.15, 0.2) is 10.8 Å². The van der Waals surface area contributed by atoms with Crippen LogP contribution in [0.5, 0.6) is 0 Å². The molecule has 0 bridgehead atoms. The molecule has 0 unspecified atom stereocenters. The second-order valence-electron chi connectivity index (χ2n) is 3.35. The van der Waals surface area contributed by atoms with E-state index < -0.39 is 0 Å². The van der Waals surface area contributed by atoms with E-state index in [4.69, 9.17) is 11.6 Å². The molecule has 0 aliphatic rings. The van der Waals surface area contributed by atoms with E-state index in [0.717, 1.165) is 10.3 Å². The maximum absolute atomic E-state index is 5.93. The number of fused-ring (bicyclic) bond motifs is 1. The van der Waals surface area contributed by atoms with Gasteiger partial charge in [0.05, 0.1) is 5.69 Å². The smallest absolute Gasteiger partial charge is 0.176 e. The molecule has 0 amide bonds. The van der Waals surface area contributed by atoms with Gasteiger partial charge in [-0.2, -0.15) is 0 Å². The Labute approximate surface area is 95.3 Å². The topological polar surface area (TPSA) is 30.2 Å². The van der Waals surface area contributed by atoms with E-state index in [1.807, 2.05) is 10.6 Å². The Morgan fingerprint density at radius 3 is 2.79 bits per heavy atom. The number of nitrogens with zero attached hydrogens (tertiary/aromatic N) is 3. The Bertz CT molecular complexity index is 478. The van der Waals surface area contributed by atoms with Gasteiger partial charge in [-0.15, -0.1) is 0 Å². The van der Waals surface area contributed by atoms with Crippen molar-refractivity contribution in [2.24, 2.45) is 0 Å². The molecule has 2 rings (SSSR count). The Balaban J connectivity index is 2.80. The lowest BCUT2D eigenvalue weighted by Gasteiger charge is -1.99. The largest absolute Gasteiger partial charge is 0.290 e. The van der Waals surface area contributed by atoms with Gasteiger partial charge < -0.3 is 0 Å². The van der Waals surface area contributed by atoms with E-state index in [1.165, 1.54) is 0 Å². The summed E-state index contributed by atoms with van der Waals surface area (Å²) in [5, 5.41) is 0.431. The van der Waals surface area contributed by atoms with Crippen LogP contribution in [-0.4, -0.2) is 14.4 Å². The highest BCUT2D eigenvalue weighted by atomic mass is 79.9. The SMILES string of the molecule is CC(C)c1nc2c(Cl)nccn2c1Br. The molecular weight excluding hydrogens is 265 g/mol. The van der Waals surface area contributed by atoms with E-state index in [2.05, 4.69) is 39.7 Å². The predicted octanol–water partition coefficient (Wildman–Crippen LogP) is 3.27. The third kappa shape index (κ3) is 1.42. The van der Waals surface area contributed by atoms with Crippen LogP contribution in [0.25, 0.3) is 5.65 Å². The first-order chi connectivity index (χ1) is 6.61. The minimum atomic E-state index is 0.361. The highest BCUT2D eigenvalue weighted by Crippen LogP contribution is 2.27. The van der Waals surface area contributed by atoms with Crippen LogP contribution in [0, 0.1) is 0 Å². The second kappa shape index (κ2) is 3.51. The van der Waals surface area contributed by atoms with Crippen molar-refractivity contribution in [1.29, 1.82) is 0 Å². The minimum Gasteiger partial charge on any atom is -0.290 e. The van der Waals surface area contributed by atoms with Gasteiger partial charge in [0, 0.05) is 12.4 Å². The lowest BCUT2D eigenvalue weighted by molar-refractivity contribution is 0.826. The zero-order valence-electron chi connectivity index (χ0n) is 7.83. The molecule has 2 heterocycles. The maximum Gasteiger partial charge on any atom is 0.176 e. The lowest BCUT2D eigenvalue weighted by Crippen LogP contribution is -1.88. The molecule has 0 radical (unpaired) electrons. The summed E-state index contributed by atoms with van der Waals surface area (Å²) >= 11 is 9.43. The first-order valence-corrected chi connectivity index (χ1v) is 5.46. The summed E-state index contributed by atoms with van der Waals surface area (Å²) in [6.45, 7) is 4.18. The van der Waals surface area contributed by atoms with Gasteiger partial charge in [-0.3, -0.25) is 4.40 Å². The molecule has 0 saturated carbocycles. The standard InChI is InChI=1S/C9H9BrClN3/c1-5(2)6-7(10)14-4-3-12-8(11)9(14)13-6/h3-5H,1-2H3. The lowest BCUT2D eigenvalue weighted by atomic mass is 10.2. The van der Waals surface area contributed by atoms with E-state index in [9.17, 15) is 0 Å². The summed E-state index contributed by atoms with van der Waals surface area (Å²) in [4.78, 5) is 8.42. The number of hydrogen-bond donors (Lipinski definition) is 0. The van der Waals surface area contributed by atoms with Crippen LogP contribution in [0.1, 0.15) is 25.5 Å². The molecule has 0 spiro atoms. The maximum atomic E-state index is 5.93. The van der Waals surface area contributed by atoms with Crippen LogP contribution in [0.15, 0.2) is 17.0 Å². The van der Waals surface area contributed by atoms with Gasteiger partial charge in [-0.1, -0.05) is 25.4 Å². The third-order valence-electron chi connectivity index (χ3n) is 2.01. The summed E-state index contributed by atoms with van der Waals surface area (Å²) in [6.07, 6.45) is 3.50. The van der Waals surface area contributed by atoms with Crippen molar-refractivity contribution in [3.63, 3.8) is 0 Å². The Kier molecular flexibility index (Phi) is 2.49. The molecule has 0 aliphatic carbocycles. The number of hydrogen-bond acceptors (Lipinski definition) is 2. The highest BCUT2D eigenvalue weighted by Gasteiger charge is 2.14. The van der Waals surface area contributed by atoms with Gasteiger partial charge in [-0.25, -0.2) is 9.97 Å². The van der Waals surface area contributed by atoms with Crippen LogP contribution in [-0.2, 0) is 0 Å². The Morgan fingerprint density at radius 1 is 1.50 bits per heavy atom. The van der Waals surface area contributed by atoms with Gasteiger partial charge in [-0.05, 0) is 21.8 Å². The van der Waals surface area contributed by atoms with Gasteiger partial charge >= 0.3 is 0 Å². The first-order valence-electron chi connectivity index (χ1n) is 4.29. The molecule has 2 aromatic heterocycles. The fraction of sp³-hybridized carbons (Fsp3) is 0.333. The molecule has 0 aromatic carbocycles. The van der Waals surface area contributed by atoms with Crippen LogP contribution < -0.4 is 0 Å². The van der Waals surface area contributed by atoms with Gasteiger partial charge in [0.25, 0.3) is 0 Å². The fourth-order valence-corrected chi connectivity index (χ4v) is 2.32. The Morgan fingerprint density at radius 2 is 2.21 bits per heavy atom. The van der Waals surface area contributed by atoms with E-state index in [-0.39, 0.29) is 0 Å². The van der Waals surface area contributed by atoms with Crippen LogP contribution in [0.4, 0.5) is 0 Å². The fourth-order valence-electron chi connectivity index (χ4n) is 1.30. The van der Waals surface area contributed by atoms with Crippen LogP contribution in [0.2, 0.25) is 5.15 Å². The predicted molar refractivity (Wildman–Crippen MR) is 59.8 cm³/mol. The van der Waals surface area contributed by atoms with E-state index >= 15 is 0 Å². The zero-order valence-corrected chi connectivity index (χ0v) is 10.2. The molecule has 0 aliphatic heterocycles. The average Bonchev–Trinajstić information content (AvgIpc) is 2.46. The summed E-state index contributed by atoms with van der Waals surface area (Å²) in [5.74, 6) is 0.361. The van der Waals surface area contributed by atoms with Crippen LogP contribution >= 0.6 is 27.5 Å². The molecule has 14 heavy (non-hydrogen) atoms.